The molecule has 0 bridgehead atoms. The van der Waals surface area contributed by atoms with E-state index in [0.29, 0.717) is 13.2 Å². The van der Waals surface area contributed by atoms with Crippen LogP contribution in [0.1, 0.15) is 30.5 Å². The van der Waals surface area contributed by atoms with Crippen molar-refractivity contribution < 1.29 is 14.4 Å². The zero-order valence-electron chi connectivity index (χ0n) is 20.5. The number of amides is 1. The van der Waals surface area contributed by atoms with Crippen LogP contribution in [0.2, 0.25) is 0 Å². The first-order valence-corrected chi connectivity index (χ1v) is 12.4. The van der Waals surface area contributed by atoms with Crippen LogP contribution >= 0.6 is 0 Å². The first-order chi connectivity index (χ1) is 17.0. The normalized spacial score (nSPS) is 20.6. The maximum absolute atomic E-state index is 11.2. The number of rotatable bonds is 7. The van der Waals surface area contributed by atoms with Crippen LogP contribution in [-0.4, -0.2) is 67.7 Å². The van der Waals surface area contributed by atoms with E-state index in [1.165, 1.54) is 23.6 Å². The van der Waals surface area contributed by atoms with Crippen molar-refractivity contribution in [3.63, 3.8) is 0 Å². The molecule has 7 nitrogen and oxygen atoms in total. The predicted octanol–water partition coefficient (Wildman–Crippen LogP) is 3.05. The average Bonchev–Trinajstić information content (AvgIpc) is 3.27. The van der Waals surface area contributed by atoms with E-state index < -0.39 is 0 Å². The topological polar surface area (TPSA) is 66.1 Å². The van der Waals surface area contributed by atoms with Crippen molar-refractivity contribution in [2.75, 3.05) is 45.9 Å². The monoisotopic (exact) mass is 474 g/mol. The number of carbonyl (C=O) groups excluding carboxylic acids is 1. The summed E-state index contributed by atoms with van der Waals surface area (Å²) in [6, 6.07) is 16.6. The van der Waals surface area contributed by atoms with Crippen LogP contribution in [-0.2, 0) is 16.2 Å². The van der Waals surface area contributed by atoms with Gasteiger partial charge in [0, 0.05) is 63.9 Å². The SMILES string of the molecule is CC(=O)NCc1ccc2c(c1)OCC1=C2NOC1CN1CCN(CC(C)=Cc2ccccc2)CC1. The number of hydrogen-bond donors (Lipinski definition) is 2. The minimum absolute atomic E-state index is 0.0107. The number of hydrogen-bond acceptors (Lipinski definition) is 6. The fourth-order valence-corrected chi connectivity index (χ4v) is 4.95. The molecular formula is C28H34N4O3. The van der Waals surface area contributed by atoms with Gasteiger partial charge in [0.1, 0.15) is 18.5 Å². The van der Waals surface area contributed by atoms with Crippen molar-refractivity contribution in [2.45, 2.75) is 26.5 Å². The van der Waals surface area contributed by atoms with E-state index in [2.05, 4.69) is 63.9 Å². The Hall–Kier alpha value is -3.13. The van der Waals surface area contributed by atoms with E-state index in [0.717, 1.165) is 61.8 Å². The van der Waals surface area contributed by atoms with Gasteiger partial charge in [-0.15, -0.1) is 0 Å². The molecule has 35 heavy (non-hydrogen) atoms. The van der Waals surface area contributed by atoms with Crippen LogP contribution in [0.3, 0.4) is 0 Å². The molecule has 2 aromatic rings. The zero-order valence-corrected chi connectivity index (χ0v) is 20.5. The van der Waals surface area contributed by atoms with Crippen LogP contribution < -0.4 is 15.5 Å². The first-order valence-electron chi connectivity index (χ1n) is 12.4. The van der Waals surface area contributed by atoms with E-state index in [1.807, 2.05) is 18.2 Å². The molecule has 1 unspecified atom stereocenters. The quantitative estimate of drug-likeness (QED) is 0.643. The molecule has 7 heteroatoms. The molecule has 0 spiro atoms. The van der Waals surface area contributed by atoms with E-state index >= 15 is 0 Å². The number of nitrogens with one attached hydrogen (secondary N) is 2. The Labute approximate surface area is 207 Å². The third-order valence-corrected chi connectivity index (χ3v) is 6.83. The van der Waals surface area contributed by atoms with Gasteiger partial charge in [-0.1, -0.05) is 48.0 Å². The van der Waals surface area contributed by atoms with Gasteiger partial charge in [-0.2, -0.15) is 0 Å². The third kappa shape index (κ3) is 5.75. The Kier molecular flexibility index (Phi) is 7.18. The second-order valence-electron chi connectivity index (χ2n) is 9.62. The molecule has 2 N–H and O–H groups in total. The molecule has 1 saturated heterocycles. The number of nitrogens with zero attached hydrogens (tertiary/aromatic N) is 2. The maximum Gasteiger partial charge on any atom is 0.217 e. The third-order valence-electron chi connectivity index (χ3n) is 6.83. The Morgan fingerprint density at radius 1 is 1.09 bits per heavy atom. The van der Waals surface area contributed by atoms with Gasteiger partial charge in [0.2, 0.25) is 5.91 Å². The second-order valence-corrected chi connectivity index (χ2v) is 9.62. The molecule has 0 radical (unpaired) electrons. The van der Waals surface area contributed by atoms with E-state index in [-0.39, 0.29) is 12.0 Å². The highest BCUT2D eigenvalue weighted by molar-refractivity contribution is 5.76. The molecular weight excluding hydrogens is 440 g/mol. The molecule has 0 aromatic heterocycles. The summed E-state index contributed by atoms with van der Waals surface area (Å²) in [5, 5.41) is 2.83. The smallest absolute Gasteiger partial charge is 0.217 e. The molecule has 184 valence electrons. The molecule has 0 saturated carbocycles. The van der Waals surface area contributed by atoms with E-state index in [4.69, 9.17) is 9.57 Å². The molecule has 3 aliphatic heterocycles. The molecule has 3 aliphatic rings. The Morgan fingerprint density at radius 3 is 2.63 bits per heavy atom. The van der Waals surface area contributed by atoms with Gasteiger partial charge in [0.05, 0.1) is 5.70 Å². The maximum atomic E-state index is 11.2. The summed E-state index contributed by atoms with van der Waals surface area (Å²) in [4.78, 5) is 22.2. The number of piperazine rings is 1. The largest absolute Gasteiger partial charge is 0.488 e. The number of carbonyl (C=O) groups is 1. The van der Waals surface area contributed by atoms with Gasteiger partial charge in [-0.3, -0.25) is 24.9 Å². The first kappa shape index (κ1) is 23.6. The molecule has 1 fully saturated rings. The van der Waals surface area contributed by atoms with Crippen molar-refractivity contribution in [3.8, 4) is 5.75 Å². The summed E-state index contributed by atoms with van der Waals surface area (Å²) in [6.45, 7) is 10.8. The molecule has 3 heterocycles. The highest BCUT2D eigenvalue weighted by atomic mass is 16.7. The summed E-state index contributed by atoms with van der Waals surface area (Å²) < 4.78 is 6.09. The number of fused-ring (bicyclic) bond motifs is 2. The van der Waals surface area contributed by atoms with Crippen molar-refractivity contribution in [3.05, 3.63) is 76.4 Å². The van der Waals surface area contributed by atoms with Crippen molar-refractivity contribution in [1.82, 2.24) is 20.6 Å². The molecule has 5 rings (SSSR count). The summed E-state index contributed by atoms with van der Waals surface area (Å²) in [5.41, 5.74) is 10.1. The lowest BCUT2D eigenvalue weighted by Crippen LogP contribution is -2.49. The van der Waals surface area contributed by atoms with Gasteiger partial charge in [0.15, 0.2) is 0 Å². The minimum atomic E-state index is -0.0399. The van der Waals surface area contributed by atoms with Gasteiger partial charge >= 0.3 is 0 Å². The Morgan fingerprint density at radius 2 is 1.86 bits per heavy atom. The van der Waals surface area contributed by atoms with Crippen LogP contribution in [0.4, 0.5) is 0 Å². The van der Waals surface area contributed by atoms with Crippen molar-refractivity contribution in [1.29, 1.82) is 0 Å². The molecule has 1 amide bonds. The fourth-order valence-electron chi connectivity index (χ4n) is 4.95. The van der Waals surface area contributed by atoms with Crippen LogP contribution in [0, 0.1) is 0 Å². The summed E-state index contributed by atoms with van der Waals surface area (Å²) >= 11 is 0. The lowest BCUT2D eigenvalue weighted by Gasteiger charge is -2.36. The highest BCUT2D eigenvalue weighted by Crippen LogP contribution is 2.37. The predicted molar refractivity (Wildman–Crippen MR) is 137 cm³/mol. The zero-order chi connectivity index (χ0) is 24.2. The van der Waals surface area contributed by atoms with E-state index in [9.17, 15) is 4.79 Å². The van der Waals surface area contributed by atoms with Gasteiger partial charge in [0.25, 0.3) is 0 Å². The minimum Gasteiger partial charge on any atom is -0.488 e. The van der Waals surface area contributed by atoms with Crippen molar-refractivity contribution in [2.24, 2.45) is 0 Å². The molecule has 2 aromatic carbocycles. The molecule has 1 atom stereocenters. The Balaban J connectivity index is 1.15. The summed E-state index contributed by atoms with van der Waals surface area (Å²) in [6.07, 6.45) is 2.27. The van der Waals surface area contributed by atoms with E-state index in [1.54, 1.807) is 0 Å². The summed E-state index contributed by atoms with van der Waals surface area (Å²) in [7, 11) is 0. The lowest BCUT2D eigenvalue weighted by molar-refractivity contribution is -0.119. The lowest BCUT2D eigenvalue weighted by atomic mass is 9.99. The van der Waals surface area contributed by atoms with Crippen LogP contribution in [0.15, 0.2) is 59.7 Å². The standard InChI is InChI=1S/C28H34N4O3/c1-20(14-22-6-4-3-5-7-22)17-31-10-12-32(13-11-31)18-27-25-19-34-26-15-23(16-29-21(2)33)8-9-24(26)28(25)30-35-27/h3-9,14-15,27,30H,10-13,16-19H2,1-2H3,(H,29,33). The number of hydroxylamine groups is 1. The van der Waals surface area contributed by atoms with Gasteiger partial charge in [-0.25, -0.2) is 0 Å². The molecule has 0 aliphatic carbocycles. The highest BCUT2D eigenvalue weighted by Gasteiger charge is 2.34. The van der Waals surface area contributed by atoms with Gasteiger partial charge < -0.3 is 10.1 Å². The van der Waals surface area contributed by atoms with Crippen LogP contribution in [0.5, 0.6) is 5.75 Å². The van der Waals surface area contributed by atoms with Crippen LogP contribution in [0.25, 0.3) is 11.8 Å². The number of benzene rings is 2. The fraction of sp³-hybridized carbons (Fsp3) is 0.393. The Bertz CT molecular complexity index is 1120. The number of ether oxygens (including phenoxy) is 1. The van der Waals surface area contributed by atoms with Crippen molar-refractivity contribution >= 4 is 17.7 Å². The summed E-state index contributed by atoms with van der Waals surface area (Å²) in [5.74, 6) is 0.790. The second kappa shape index (κ2) is 10.6. The van der Waals surface area contributed by atoms with Gasteiger partial charge in [-0.05, 0) is 30.2 Å². The average molecular weight is 475 g/mol.